The van der Waals surface area contributed by atoms with Crippen LogP contribution in [-0.2, 0) is 27.7 Å². The highest BCUT2D eigenvalue weighted by Gasteiger charge is 2.33. The van der Waals surface area contributed by atoms with Crippen molar-refractivity contribution in [2.45, 2.75) is 51.3 Å². The Kier molecular flexibility index (Phi) is 7.13. The summed E-state index contributed by atoms with van der Waals surface area (Å²) in [7, 11) is -3.72. The van der Waals surface area contributed by atoms with Gasteiger partial charge in [-0.1, -0.05) is 43.3 Å². The fraction of sp³-hybridized carbons (Fsp3) is 0.400. The van der Waals surface area contributed by atoms with Gasteiger partial charge < -0.3 is 9.84 Å². The van der Waals surface area contributed by atoms with Gasteiger partial charge in [-0.3, -0.25) is 4.79 Å². The molecule has 0 unspecified atom stereocenters. The molecular formula is C25H30N4O4S. The summed E-state index contributed by atoms with van der Waals surface area (Å²) in [5.74, 6) is 0.584. The lowest BCUT2D eigenvalue weighted by atomic mass is 9.97. The lowest BCUT2D eigenvalue weighted by Gasteiger charge is -2.31. The fourth-order valence-electron chi connectivity index (χ4n) is 4.14. The molecule has 180 valence electrons. The number of benzene rings is 2. The van der Waals surface area contributed by atoms with Crippen molar-refractivity contribution in [3.05, 3.63) is 59.5 Å². The molecule has 0 saturated carbocycles. The molecule has 0 radical (unpaired) electrons. The predicted octanol–water partition coefficient (Wildman–Crippen LogP) is 4.21. The highest BCUT2D eigenvalue weighted by Crippen LogP contribution is 2.29. The summed E-state index contributed by atoms with van der Waals surface area (Å²) in [6, 6.07) is 13.0. The number of carbonyl (C=O) groups is 1. The van der Waals surface area contributed by atoms with Gasteiger partial charge >= 0.3 is 0 Å². The van der Waals surface area contributed by atoms with Crippen molar-refractivity contribution in [3.8, 4) is 11.4 Å². The summed E-state index contributed by atoms with van der Waals surface area (Å²) in [5.41, 5.74) is 3.18. The molecule has 2 aromatic carbocycles. The Morgan fingerprint density at radius 3 is 2.56 bits per heavy atom. The van der Waals surface area contributed by atoms with E-state index in [2.05, 4.69) is 22.4 Å². The molecule has 1 aromatic heterocycles. The standard InChI is InChI=1S/C25H30N4O4S/c1-4-18-7-6-8-21(15-18)26-25(30)19-11-13-29(14-12-19)34(31,32)22-16-20(10-9-17(22)3)24-27-23(5-2)33-28-24/h6-10,15-16,19H,4-5,11-14H2,1-3H3,(H,26,30). The Labute approximate surface area is 200 Å². The highest BCUT2D eigenvalue weighted by molar-refractivity contribution is 7.89. The van der Waals surface area contributed by atoms with E-state index in [9.17, 15) is 13.2 Å². The molecule has 0 atom stereocenters. The van der Waals surface area contributed by atoms with Gasteiger partial charge in [0.05, 0.1) is 4.90 Å². The van der Waals surface area contributed by atoms with E-state index in [-0.39, 0.29) is 16.7 Å². The molecule has 34 heavy (non-hydrogen) atoms. The number of sulfonamides is 1. The van der Waals surface area contributed by atoms with Crippen molar-refractivity contribution < 1.29 is 17.7 Å². The van der Waals surface area contributed by atoms with E-state index in [1.807, 2.05) is 31.2 Å². The predicted molar refractivity (Wildman–Crippen MR) is 130 cm³/mol. The van der Waals surface area contributed by atoms with Crippen molar-refractivity contribution in [3.63, 3.8) is 0 Å². The molecule has 1 N–H and O–H groups in total. The van der Waals surface area contributed by atoms with Crippen molar-refractivity contribution in [1.29, 1.82) is 0 Å². The number of nitrogens with zero attached hydrogens (tertiary/aromatic N) is 3. The first-order valence-electron chi connectivity index (χ1n) is 11.7. The van der Waals surface area contributed by atoms with E-state index in [0.717, 1.165) is 17.7 Å². The molecule has 0 aliphatic carbocycles. The van der Waals surface area contributed by atoms with Crippen molar-refractivity contribution >= 4 is 21.6 Å². The molecule has 0 bridgehead atoms. The van der Waals surface area contributed by atoms with Gasteiger partial charge in [-0.15, -0.1) is 0 Å². The third-order valence-corrected chi connectivity index (χ3v) is 8.30. The summed E-state index contributed by atoms with van der Waals surface area (Å²) in [6.07, 6.45) is 2.45. The minimum Gasteiger partial charge on any atom is -0.339 e. The first-order valence-corrected chi connectivity index (χ1v) is 13.1. The molecule has 0 spiro atoms. The van der Waals surface area contributed by atoms with Gasteiger partial charge in [0.25, 0.3) is 0 Å². The maximum absolute atomic E-state index is 13.5. The topological polar surface area (TPSA) is 105 Å². The molecule has 1 aliphatic rings. The SMILES string of the molecule is CCc1cccc(NC(=O)C2CCN(S(=O)(=O)c3cc(-c4noc(CC)n4)ccc3C)CC2)c1. The molecule has 4 rings (SSSR count). The van der Waals surface area contributed by atoms with E-state index < -0.39 is 10.0 Å². The minimum atomic E-state index is -3.72. The molecule has 8 nitrogen and oxygen atoms in total. The summed E-state index contributed by atoms with van der Waals surface area (Å²) in [6.45, 7) is 6.34. The Morgan fingerprint density at radius 2 is 1.88 bits per heavy atom. The summed E-state index contributed by atoms with van der Waals surface area (Å²) >= 11 is 0. The normalized spacial score (nSPS) is 15.4. The number of piperidine rings is 1. The number of rotatable bonds is 7. The molecule has 9 heteroatoms. The average Bonchev–Trinajstić information content (AvgIpc) is 3.34. The van der Waals surface area contributed by atoms with E-state index in [1.54, 1.807) is 25.1 Å². The Bertz CT molecular complexity index is 1280. The largest absolute Gasteiger partial charge is 0.339 e. The number of aryl methyl sites for hydroxylation is 3. The lowest BCUT2D eigenvalue weighted by Crippen LogP contribution is -2.41. The van der Waals surface area contributed by atoms with Gasteiger partial charge in [0.1, 0.15) is 0 Å². The van der Waals surface area contributed by atoms with Crippen LogP contribution in [0.15, 0.2) is 51.9 Å². The summed E-state index contributed by atoms with van der Waals surface area (Å²) in [5, 5.41) is 6.94. The monoisotopic (exact) mass is 482 g/mol. The molecule has 2 heterocycles. The molecule has 1 amide bonds. The van der Waals surface area contributed by atoms with Gasteiger partial charge in [-0.2, -0.15) is 9.29 Å². The summed E-state index contributed by atoms with van der Waals surface area (Å²) < 4.78 is 33.5. The van der Waals surface area contributed by atoms with Crippen LogP contribution in [0.25, 0.3) is 11.4 Å². The lowest BCUT2D eigenvalue weighted by molar-refractivity contribution is -0.120. The number of nitrogens with one attached hydrogen (secondary N) is 1. The quantitative estimate of drug-likeness (QED) is 0.541. The van der Waals surface area contributed by atoms with E-state index in [1.165, 1.54) is 4.31 Å². The highest BCUT2D eigenvalue weighted by atomic mass is 32.2. The molecule has 1 saturated heterocycles. The molecular weight excluding hydrogens is 452 g/mol. The van der Waals surface area contributed by atoms with Gasteiger partial charge in [0.2, 0.25) is 27.6 Å². The van der Waals surface area contributed by atoms with Crippen molar-refractivity contribution in [1.82, 2.24) is 14.4 Å². The number of anilines is 1. The van der Waals surface area contributed by atoms with Gasteiger partial charge in [-0.25, -0.2) is 8.42 Å². The smallest absolute Gasteiger partial charge is 0.243 e. The maximum Gasteiger partial charge on any atom is 0.243 e. The van der Waals surface area contributed by atoms with Crippen LogP contribution in [0.4, 0.5) is 5.69 Å². The third-order valence-electron chi connectivity index (χ3n) is 6.26. The van der Waals surface area contributed by atoms with Gasteiger partial charge in [0.15, 0.2) is 0 Å². The van der Waals surface area contributed by atoms with Gasteiger partial charge in [-0.05, 0) is 55.5 Å². The zero-order valence-electron chi connectivity index (χ0n) is 19.7. The van der Waals surface area contributed by atoms with Gasteiger partial charge in [0, 0.05) is 36.7 Å². The van der Waals surface area contributed by atoms with Crippen LogP contribution in [0.1, 0.15) is 43.7 Å². The number of carbonyl (C=O) groups excluding carboxylic acids is 1. The average molecular weight is 483 g/mol. The van der Waals surface area contributed by atoms with Crippen LogP contribution < -0.4 is 5.32 Å². The van der Waals surface area contributed by atoms with Crippen molar-refractivity contribution in [2.75, 3.05) is 18.4 Å². The van der Waals surface area contributed by atoms with Crippen LogP contribution in [0, 0.1) is 12.8 Å². The van der Waals surface area contributed by atoms with Crippen LogP contribution in [0.2, 0.25) is 0 Å². The van der Waals surface area contributed by atoms with E-state index in [0.29, 0.717) is 55.2 Å². The summed E-state index contributed by atoms with van der Waals surface area (Å²) in [4.78, 5) is 17.3. The maximum atomic E-state index is 13.5. The van der Waals surface area contributed by atoms with Crippen LogP contribution in [-0.4, -0.2) is 41.9 Å². The Hall–Kier alpha value is -3.04. The second-order valence-electron chi connectivity index (χ2n) is 8.57. The second kappa shape index (κ2) is 10.1. The van der Waals surface area contributed by atoms with Crippen LogP contribution in [0.3, 0.4) is 0 Å². The third kappa shape index (κ3) is 5.05. The number of hydrogen-bond donors (Lipinski definition) is 1. The zero-order valence-corrected chi connectivity index (χ0v) is 20.6. The van der Waals surface area contributed by atoms with E-state index >= 15 is 0 Å². The van der Waals surface area contributed by atoms with Crippen molar-refractivity contribution in [2.24, 2.45) is 5.92 Å². The number of amides is 1. The fourth-order valence-corrected chi connectivity index (χ4v) is 5.86. The molecule has 1 aliphatic heterocycles. The zero-order chi connectivity index (χ0) is 24.3. The second-order valence-corrected chi connectivity index (χ2v) is 10.5. The van der Waals surface area contributed by atoms with Crippen LogP contribution >= 0.6 is 0 Å². The Morgan fingerprint density at radius 1 is 1.12 bits per heavy atom. The first kappa shape index (κ1) is 24.1. The first-order chi connectivity index (χ1) is 16.3. The number of aromatic nitrogens is 2. The molecule has 1 fully saturated rings. The molecule has 3 aromatic rings. The van der Waals surface area contributed by atoms with Crippen LogP contribution in [0.5, 0.6) is 0 Å². The Balaban J connectivity index is 1.45. The van der Waals surface area contributed by atoms with E-state index in [4.69, 9.17) is 4.52 Å². The number of hydrogen-bond acceptors (Lipinski definition) is 6. The minimum absolute atomic E-state index is 0.0627.